The van der Waals surface area contributed by atoms with E-state index in [1.165, 1.54) is 6.92 Å². The van der Waals surface area contributed by atoms with Gasteiger partial charge in [-0.1, -0.05) is 43.2 Å². The van der Waals surface area contributed by atoms with Gasteiger partial charge in [0.25, 0.3) is 0 Å². The smallest absolute Gasteiger partial charge is 0.243 e. The quantitative estimate of drug-likeness (QED) is 0.737. The predicted molar refractivity (Wildman–Crippen MR) is 106 cm³/mol. The third kappa shape index (κ3) is 5.81. The standard InChI is InChI=1S/C22H27N3O3/c1-16(26)25-21(19-9-5-6-10-19)22(27)24-14-18-11-12-23-20(13-18)28-15-17-7-3-2-4-8-17/h2-4,7-8,11-13,19,21H,5-6,9-10,14-15H2,1H3,(H,24,27)(H,25,26). The van der Waals surface area contributed by atoms with Crippen LogP contribution in [0.1, 0.15) is 43.7 Å². The summed E-state index contributed by atoms with van der Waals surface area (Å²) in [5, 5.41) is 5.77. The van der Waals surface area contributed by atoms with Crippen LogP contribution in [0.2, 0.25) is 0 Å². The van der Waals surface area contributed by atoms with Crippen molar-refractivity contribution in [2.75, 3.05) is 0 Å². The fourth-order valence-corrected chi connectivity index (χ4v) is 3.58. The van der Waals surface area contributed by atoms with Crippen molar-refractivity contribution in [3.63, 3.8) is 0 Å². The van der Waals surface area contributed by atoms with Crippen molar-refractivity contribution in [3.8, 4) is 5.88 Å². The number of pyridine rings is 1. The zero-order chi connectivity index (χ0) is 19.8. The lowest BCUT2D eigenvalue weighted by Crippen LogP contribution is -2.49. The van der Waals surface area contributed by atoms with E-state index in [-0.39, 0.29) is 17.7 Å². The zero-order valence-corrected chi connectivity index (χ0v) is 16.2. The molecular weight excluding hydrogens is 354 g/mol. The summed E-state index contributed by atoms with van der Waals surface area (Å²) in [6.07, 6.45) is 5.85. The Hall–Kier alpha value is -2.89. The number of benzene rings is 1. The molecule has 1 aromatic carbocycles. The van der Waals surface area contributed by atoms with Crippen LogP contribution in [-0.2, 0) is 22.7 Å². The zero-order valence-electron chi connectivity index (χ0n) is 16.2. The molecule has 6 heteroatoms. The Morgan fingerprint density at radius 2 is 1.89 bits per heavy atom. The van der Waals surface area contributed by atoms with E-state index in [9.17, 15) is 9.59 Å². The first-order valence-corrected chi connectivity index (χ1v) is 9.78. The summed E-state index contributed by atoms with van der Waals surface area (Å²) >= 11 is 0. The number of hydrogen-bond acceptors (Lipinski definition) is 4. The van der Waals surface area contributed by atoms with Crippen molar-refractivity contribution in [3.05, 3.63) is 59.8 Å². The van der Waals surface area contributed by atoms with Gasteiger partial charge in [0.1, 0.15) is 12.6 Å². The van der Waals surface area contributed by atoms with Gasteiger partial charge >= 0.3 is 0 Å². The average molecular weight is 381 g/mol. The van der Waals surface area contributed by atoms with Gasteiger partial charge in [-0.05, 0) is 36.0 Å². The Balaban J connectivity index is 1.55. The second-order valence-electron chi connectivity index (χ2n) is 7.22. The number of amides is 2. The minimum absolute atomic E-state index is 0.134. The summed E-state index contributed by atoms with van der Waals surface area (Å²) in [5.41, 5.74) is 1.97. The van der Waals surface area contributed by atoms with Crippen molar-refractivity contribution < 1.29 is 14.3 Å². The molecule has 1 aromatic heterocycles. The number of carbonyl (C=O) groups is 2. The van der Waals surface area contributed by atoms with E-state index in [1.807, 2.05) is 42.5 Å². The van der Waals surface area contributed by atoms with Gasteiger partial charge < -0.3 is 15.4 Å². The van der Waals surface area contributed by atoms with Crippen LogP contribution < -0.4 is 15.4 Å². The summed E-state index contributed by atoms with van der Waals surface area (Å²) in [6, 6.07) is 13.1. The van der Waals surface area contributed by atoms with Gasteiger partial charge in [-0.2, -0.15) is 0 Å². The van der Waals surface area contributed by atoms with E-state index in [0.29, 0.717) is 19.0 Å². The van der Waals surface area contributed by atoms with E-state index in [2.05, 4.69) is 15.6 Å². The van der Waals surface area contributed by atoms with Crippen LogP contribution >= 0.6 is 0 Å². The predicted octanol–water partition coefficient (Wildman–Crippen LogP) is 2.97. The highest BCUT2D eigenvalue weighted by Crippen LogP contribution is 2.28. The topological polar surface area (TPSA) is 80.3 Å². The fraction of sp³-hybridized carbons (Fsp3) is 0.409. The first kappa shape index (κ1) is 19.9. The highest BCUT2D eigenvalue weighted by Gasteiger charge is 2.31. The largest absolute Gasteiger partial charge is 0.473 e. The van der Waals surface area contributed by atoms with Crippen LogP contribution in [0.15, 0.2) is 48.7 Å². The van der Waals surface area contributed by atoms with Gasteiger partial charge in [0.2, 0.25) is 17.7 Å². The summed E-state index contributed by atoms with van der Waals surface area (Å²) in [5.74, 6) is 0.425. The van der Waals surface area contributed by atoms with Crippen LogP contribution in [0, 0.1) is 5.92 Å². The minimum Gasteiger partial charge on any atom is -0.473 e. The van der Waals surface area contributed by atoms with Gasteiger partial charge in [-0.15, -0.1) is 0 Å². The number of carbonyl (C=O) groups excluding carboxylic acids is 2. The van der Waals surface area contributed by atoms with Crippen LogP contribution in [0.4, 0.5) is 0 Å². The molecule has 1 atom stereocenters. The molecule has 1 unspecified atom stereocenters. The molecule has 1 aliphatic rings. The number of nitrogens with zero attached hydrogens (tertiary/aromatic N) is 1. The molecule has 1 aliphatic carbocycles. The van der Waals surface area contributed by atoms with Gasteiger partial charge in [0.15, 0.2) is 0 Å². The lowest BCUT2D eigenvalue weighted by Gasteiger charge is -2.23. The molecule has 6 nitrogen and oxygen atoms in total. The molecule has 0 saturated heterocycles. The Kier molecular flexibility index (Phi) is 7.00. The molecule has 2 aromatic rings. The first-order chi connectivity index (χ1) is 13.6. The van der Waals surface area contributed by atoms with Crippen molar-refractivity contribution in [1.29, 1.82) is 0 Å². The monoisotopic (exact) mass is 381 g/mol. The Bertz CT molecular complexity index is 789. The molecule has 0 bridgehead atoms. The van der Waals surface area contributed by atoms with E-state index >= 15 is 0 Å². The lowest BCUT2D eigenvalue weighted by atomic mass is 9.97. The van der Waals surface area contributed by atoms with E-state index in [4.69, 9.17) is 4.74 Å². The molecule has 2 N–H and O–H groups in total. The molecule has 148 valence electrons. The van der Waals surface area contributed by atoms with Crippen LogP contribution in [0.3, 0.4) is 0 Å². The van der Waals surface area contributed by atoms with Gasteiger partial charge in [0.05, 0.1) is 0 Å². The molecule has 1 heterocycles. The fourth-order valence-electron chi connectivity index (χ4n) is 3.58. The Morgan fingerprint density at radius 3 is 2.61 bits per heavy atom. The van der Waals surface area contributed by atoms with Gasteiger partial charge in [0, 0.05) is 25.7 Å². The van der Waals surface area contributed by atoms with Crippen LogP contribution in [-0.4, -0.2) is 22.8 Å². The van der Waals surface area contributed by atoms with E-state index < -0.39 is 6.04 Å². The second kappa shape index (κ2) is 9.88. The summed E-state index contributed by atoms with van der Waals surface area (Å²) < 4.78 is 5.74. The van der Waals surface area contributed by atoms with Crippen LogP contribution in [0.25, 0.3) is 0 Å². The molecule has 1 saturated carbocycles. The van der Waals surface area contributed by atoms with Crippen molar-refractivity contribution in [2.45, 2.75) is 51.8 Å². The summed E-state index contributed by atoms with van der Waals surface area (Å²) in [4.78, 5) is 28.4. The molecule has 2 amide bonds. The third-order valence-corrected chi connectivity index (χ3v) is 5.01. The number of ether oxygens (including phenoxy) is 1. The minimum atomic E-state index is -0.462. The van der Waals surface area contributed by atoms with Crippen molar-refractivity contribution >= 4 is 11.8 Å². The third-order valence-electron chi connectivity index (χ3n) is 5.01. The van der Waals surface area contributed by atoms with Crippen LogP contribution in [0.5, 0.6) is 5.88 Å². The summed E-state index contributed by atoms with van der Waals surface area (Å²) in [7, 11) is 0. The Labute approximate surface area is 165 Å². The number of rotatable bonds is 8. The van der Waals surface area contributed by atoms with E-state index in [1.54, 1.807) is 6.20 Å². The molecule has 0 spiro atoms. The number of hydrogen-bond donors (Lipinski definition) is 2. The van der Waals surface area contributed by atoms with E-state index in [0.717, 1.165) is 36.8 Å². The SMILES string of the molecule is CC(=O)NC(C(=O)NCc1ccnc(OCc2ccccc2)c1)C1CCCC1. The normalized spacial score (nSPS) is 15.0. The maximum atomic E-state index is 12.7. The highest BCUT2D eigenvalue weighted by molar-refractivity contribution is 5.87. The second-order valence-corrected chi connectivity index (χ2v) is 7.22. The highest BCUT2D eigenvalue weighted by atomic mass is 16.5. The average Bonchev–Trinajstić information content (AvgIpc) is 3.24. The maximum Gasteiger partial charge on any atom is 0.243 e. The molecule has 1 fully saturated rings. The summed E-state index contributed by atoms with van der Waals surface area (Å²) in [6.45, 7) is 2.26. The molecule has 0 aliphatic heterocycles. The van der Waals surface area contributed by atoms with Crippen molar-refractivity contribution in [2.24, 2.45) is 5.92 Å². The van der Waals surface area contributed by atoms with Gasteiger partial charge in [-0.3, -0.25) is 9.59 Å². The maximum absolute atomic E-state index is 12.7. The first-order valence-electron chi connectivity index (χ1n) is 9.78. The van der Waals surface area contributed by atoms with Gasteiger partial charge in [-0.25, -0.2) is 4.98 Å². The Morgan fingerprint density at radius 1 is 1.14 bits per heavy atom. The molecular formula is C22H27N3O3. The van der Waals surface area contributed by atoms with Crippen molar-refractivity contribution in [1.82, 2.24) is 15.6 Å². The molecule has 3 rings (SSSR count). The number of nitrogens with one attached hydrogen (secondary N) is 2. The number of aromatic nitrogens is 1. The molecule has 0 radical (unpaired) electrons. The lowest BCUT2D eigenvalue weighted by molar-refractivity contribution is -0.129. The molecule has 28 heavy (non-hydrogen) atoms.